The minimum absolute atomic E-state index is 0.152. The molecule has 0 aliphatic heterocycles. The zero-order valence-corrected chi connectivity index (χ0v) is 24.1. The van der Waals surface area contributed by atoms with Crippen LogP contribution in [0, 0.1) is 5.41 Å². The van der Waals surface area contributed by atoms with Crippen molar-refractivity contribution in [1.29, 1.82) is 0 Å². The Bertz CT molecular complexity index is 1340. The van der Waals surface area contributed by atoms with Gasteiger partial charge in [-0.2, -0.15) is 15.0 Å². The SMILES string of the molecule is CC(C)c1ccc(Nc2nc(Nc3ccc(Nc4ccccc4)cc3)nc(NC(C)(C)CC(C)(C)C)n2)cc1. The van der Waals surface area contributed by atoms with E-state index in [1.807, 2.05) is 54.6 Å². The van der Waals surface area contributed by atoms with Crippen LogP contribution in [0.4, 0.5) is 40.6 Å². The Morgan fingerprint density at radius 2 is 1.00 bits per heavy atom. The molecule has 0 bridgehead atoms. The van der Waals surface area contributed by atoms with Gasteiger partial charge in [-0.15, -0.1) is 0 Å². The van der Waals surface area contributed by atoms with Crippen molar-refractivity contribution in [3.05, 3.63) is 84.4 Å². The smallest absolute Gasteiger partial charge is 0.233 e. The van der Waals surface area contributed by atoms with Gasteiger partial charge in [-0.1, -0.05) is 65.0 Å². The number of anilines is 7. The Labute approximate surface area is 232 Å². The first kappa shape index (κ1) is 27.9. The zero-order chi connectivity index (χ0) is 28.0. The highest BCUT2D eigenvalue weighted by Crippen LogP contribution is 2.30. The lowest BCUT2D eigenvalue weighted by Crippen LogP contribution is -2.36. The monoisotopic (exact) mass is 523 g/mol. The Balaban J connectivity index is 1.56. The van der Waals surface area contributed by atoms with E-state index in [1.165, 1.54) is 5.56 Å². The number of para-hydroxylation sites is 1. The molecule has 0 spiro atoms. The molecule has 4 rings (SSSR count). The highest BCUT2D eigenvalue weighted by molar-refractivity contribution is 5.65. The summed E-state index contributed by atoms with van der Waals surface area (Å²) in [5.74, 6) is 1.93. The second-order valence-electron chi connectivity index (χ2n) is 12.1. The Hall–Kier alpha value is -4.13. The van der Waals surface area contributed by atoms with Gasteiger partial charge in [0.25, 0.3) is 0 Å². The average Bonchev–Trinajstić information content (AvgIpc) is 2.84. The van der Waals surface area contributed by atoms with Gasteiger partial charge in [0, 0.05) is 28.3 Å². The lowest BCUT2D eigenvalue weighted by Gasteiger charge is -2.33. The lowest BCUT2D eigenvalue weighted by atomic mass is 9.82. The van der Waals surface area contributed by atoms with Crippen LogP contribution in [-0.2, 0) is 0 Å². The standard InChI is InChI=1S/C32H41N7/c1-22(2)23-13-15-26(16-14-23)34-28-36-29(38-30(37-28)39-32(6,7)21-31(3,4)5)35-27-19-17-25(18-20-27)33-24-11-9-8-10-12-24/h8-20,22,33H,21H2,1-7H3,(H3,34,35,36,37,38,39). The van der Waals surface area contributed by atoms with E-state index in [4.69, 9.17) is 9.97 Å². The van der Waals surface area contributed by atoms with Gasteiger partial charge in [0.05, 0.1) is 0 Å². The number of aromatic nitrogens is 3. The van der Waals surface area contributed by atoms with Crippen LogP contribution in [0.5, 0.6) is 0 Å². The maximum absolute atomic E-state index is 4.71. The van der Waals surface area contributed by atoms with Gasteiger partial charge in [-0.3, -0.25) is 0 Å². The van der Waals surface area contributed by atoms with Crippen LogP contribution < -0.4 is 21.3 Å². The van der Waals surface area contributed by atoms with Crippen molar-refractivity contribution in [2.24, 2.45) is 5.41 Å². The number of nitrogens with one attached hydrogen (secondary N) is 4. The minimum Gasteiger partial charge on any atom is -0.356 e. The molecular weight excluding hydrogens is 482 g/mol. The van der Waals surface area contributed by atoms with Gasteiger partial charge in [0.1, 0.15) is 0 Å². The van der Waals surface area contributed by atoms with Crippen molar-refractivity contribution in [3.63, 3.8) is 0 Å². The van der Waals surface area contributed by atoms with E-state index < -0.39 is 0 Å². The molecule has 7 nitrogen and oxygen atoms in total. The maximum atomic E-state index is 4.71. The molecule has 1 aromatic heterocycles. The number of hydrogen-bond donors (Lipinski definition) is 4. The van der Waals surface area contributed by atoms with Gasteiger partial charge in [-0.25, -0.2) is 0 Å². The first-order valence-electron chi connectivity index (χ1n) is 13.5. The van der Waals surface area contributed by atoms with Crippen molar-refractivity contribution in [2.75, 3.05) is 21.3 Å². The van der Waals surface area contributed by atoms with E-state index in [1.54, 1.807) is 0 Å². The molecule has 39 heavy (non-hydrogen) atoms. The largest absolute Gasteiger partial charge is 0.356 e. The molecule has 0 atom stereocenters. The molecule has 4 aromatic rings. The molecule has 4 N–H and O–H groups in total. The van der Waals surface area contributed by atoms with Crippen LogP contribution >= 0.6 is 0 Å². The summed E-state index contributed by atoms with van der Waals surface area (Å²) in [4.78, 5) is 14.1. The summed E-state index contributed by atoms with van der Waals surface area (Å²) in [5.41, 5.74) is 5.08. The predicted octanol–water partition coefficient (Wildman–Crippen LogP) is 8.85. The zero-order valence-electron chi connectivity index (χ0n) is 24.1. The van der Waals surface area contributed by atoms with E-state index in [-0.39, 0.29) is 11.0 Å². The lowest BCUT2D eigenvalue weighted by molar-refractivity contribution is 0.301. The summed E-state index contributed by atoms with van der Waals surface area (Å²) in [7, 11) is 0. The fraction of sp³-hybridized carbons (Fsp3) is 0.344. The molecule has 0 saturated carbocycles. The topological polar surface area (TPSA) is 86.8 Å². The predicted molar refractivity (Wildman–Crippen MR) is 165 cm³/mol. The first-order valence-corrected chi connectivity index (χ1v) is 13.5. The summed E-state index contributed by atoms with van der Waals surface area (Å²) in [5, 5.41) is 13.6. The van der Waals surface area contributed by atoms with Crippen LogP contribution in [-0.4, -0.2) is 20.5 Å². The number of hydrogen-bond acceptors (Lipinski definition) is 7. The third kappa shape index (κ3) is 8.70. The van der Waals surface area contributed by atoms with E-state index >= 15 is 0 Å². The average molecular weight is 524 g/mol. The Kier molecular flexibility index (Phi) is 8.38. The summed E-state index contributed by atoms with van der Waals surface area (Å²) in [6.45, 7) is 15.4. The van der Waals surface area contributed by atoms with E-state index in [0.29, 0.717) is 23.8 Å². The number of nitrogens with zero attached hydrogens (tertiary/aromatic N) is 3. The summed E-state index contributed by atoms with van der Waals surface area (Å²) in [6.07, 6.45) is 0.948. The number of rotatable bonds is 10. The molecule has 7 heteroatoms. The van der Waals surface area contributed by atoms with Crippen LogP contribution in [0.2, 0.25) is 0 Å². The van der Waals surface area contributed by atoms with Crippen LogP contribution in [0.25, 0.3) is 0 Å². The maximum Gasteiger partial charge on any atom is 0.233 e. The third-order valence-electron chi connectivity index (χ3n) is 6.09. The molecule has 1 heterocycles. The summed E-state index contributed by atoms with van der Waals surface area (Å²) in [6, 6.07) is 26.5. The van der Waals surface area contributed by atoms with Crippen molar-refractivity contribution in [3.8, 4) is 0 Å². The molecule has 0 amide bonds. The van der Waals surface area contributed by atoms with Gasteiger partial charge in [-0.05, 0) is 85.7 Å². The molecule has 0 saturated heterocycles. The van der Waals surface area contributed by atoms with Crippen molar-refractivity contribution < 1.29 is 0 Å². The van der Waals surface area contributed by atoms with Crippen molar-refractivity contribution in [2.45, 2.75) is 66.3 Å². The second kappa shape index (κ2) is 11.7. The Morgan fingerprint density at radius 1 is 0.564 bits per heavy atom. The van der Waals surface area contributed by atoms with Gasteiger partial charge < -0.3 is 21.3 Å². The fourth-order valence-electron chi connectivity index (χ4n) is 4.75. The quantitative estimate of drug-likeness (QED) is 0.165. The first-order chi connectivity index (χ1) is 18.4. The number of benzene rings is 3. The third-order valence-corrected chi connectivity index (χ3v) is 6.09. The van der Waals surface area contributed by atoms with Crippen molar-refractivity contribution >= 4 is 40.6 Å². The van der Waals surface area contributed by atoms with Crippen LogP contribution in [0.15, 0.2) is 78.9 Å². The van der Waals surface area contributed by atoms with Gasteiger partial charge >= 0.3 is 0 Å². The van der Waals surface area contributed by atoms with E-state index in [9.17, 15) is 0 Å². The molecule has 0 fully saturated rings. The molecule has 0 aliphatic rings. The van der Waals surface area contributed by atoms with E-state index in [2.05, 4.69) is 99.0 Å². The normalized spacial score (nSPS) is 11.8. The molecular formula is C32H41N7. The van der Waals surface area contributed by atoms with Crippen LogP contribution in [0.3, 0.4) is 0 Å². The highest BCUT2D eigenvalue weighted by Gasteiger charge is 2.26. The van der Waals surface area contributed by atoms with E-state index in [0.717, 1.165) is 29.2 Å². The fourth-order valence-corrected chi connectivity index (χ4v) is 4.75. The molecule has 0 aliphatic carbocycles. The molecule has 204 valence electrons. The molecule has 0 radical (unpaired) electrons. The Morgan fingerprint density at radius 3 is 1.49 bits per heavy atom. The molecule has 3 aromatic carbocycles. The van der Waals surface area contributed by atoms with Crippen molar-refractivity contribution in [1.82, 2.24) is 15.0 Å². The summed E-state index contributed by atoms with van der Waals surface area (Å²) < 4.78 is 0. The second-order valence-corrected chi connectivity index (χ2v) is 12.1. The van der Waals surface area contributed by atoms with Crippen LogP contribution in [0.1, 0.15) is 66.4 Å². The van der Waals surface area contributed by atoms with Gasteiger partial charge in [0.15, 0.2) is 0 Å². The summed E-state index contributed by atoms with van der Waals surface area (Å²) >= 11 is 0. The highest BCUT2D eigenvalue weighted by atomic mass is 15.3. The molecule has 0 unspecified atom stereocenters. The van der Waals surface area contributed by atoms with Gasteiger partial charge in [0.2, 0.25) is 17.8 Å². The minimum atomic E-state index is -0.211.